The fraction of sp³-hybridized carbons (Fsp3) is 0.188. The lowest BCUT2D eigenvalue weighted by molar-refractivity contribution is 0.100. The number of carbonyl (C=O) groups excluding carboxylic acids is 1. The number of hydrogen-bond acceptors (Lipinski definition) is 2. The van der Waals surface area contributed by atoms with Gasteiger partial charge in [0.1, 0.15) is 5.82 Å². The number of benzene rings is 2. The van der Waals surface area contributed by atoms with Gasteiger partial charge in [-0.15, -0.1) is 0 Å². The largest absolute Gasteiger partial charge is 0.382 e. The number of rotatable bonds is 5. The minimum absolute atomic E-state index is 0.0104. The van der Waals surface area contributed by atoms with Crippen molar-refractivity contribution in [2.75, 3.05) is 5.32 Å². The van der Waals surface area contributed by atoms with E-state index in [1.807, 2.05) is 6.92 Å². The Hall–Kier alpha value is -2.07. The van der Waals surface area contributed by atoms with E-state index in [1.165, 1.54) is 6.07 Å². The number of primary amides is 1. The molecule has 1 unspecified atom stereocenters. The molecule has 5 heteroatoms. The monoisotopic (exact) mass is 306 g/mol. The lowest BCUT2D eigenvalue weighted by atomic mass is 10.1. The van der Waals surface area contributed by atoms with E-state index in [-0.39, 0.29) is 17.4 Å². The first kappa shape index (κ1) is 15.3. The molecule has 2 aromatic carbocycles. The van der Waals surface area contributed by atoms with Crippen LogP contribution in [0.4, 0.5) is 10.1 Å². The van der Waals surface area contributed by atoms with Crippen LogP contribution < -0.4 is 11.1 Å². The summed E-state index contributed by atoms with van der Waals surface area (Å²) in [5, 5.41) is 3.52. The Bertz CT molecular complexity index is 660. The van der Waals surface area contributed by atoms with Gasteiger partial charge in [0.25, 0.3) is 0 Å². The van der Waals surface area contributed by atoms with Gasteiger partial charge in [0.2, 0.25) is 5.91 Å². The minimum Gasteiger partial charge on any atom is -0.382 e. The summed E-state index contributed by atoms with van der Waals surface area (Å²) in [5.41, 5.74) is 6.88. The number of halogens is 2. The molecule has 0 fully saturated rings. The van der Waals surface area contributed by atoms with Crippen molar-refractivity contribution < 1.29 is 9.18 Å². The molecule has 0 aliphatic rings. The standard InChI is InChI=1S/C16H16ClFN2O/c1-10(8-11-4-2-3-5-15(11)18)20-12-6-7-14(17)13(9-12)16(19)21/h2-7,9-10,20H,8H2,1H3,(H2,19,21). The van der Waals surface area contributed by atoms with Gasteiger partial charge in [-0.05, 0) is 43.2 Å². The first-order valence-corrected chi connectivity index (χ1v) is 6.94. The van der Waals surface area contributed by atoms with Crippen LogP contribution in [-0.2, 0) is 6.42 Å². The lowest BCUT2D eigenvalue weighted by Crippen LogP contribution is -2.19. The van der Waals surface area contributed by atoms with Gasteiger partial charge in [-0.25, -0.2) is 4.39 Å². The molecule has 110 valence electrons. The fourth-order valence-corrected chi connectivity index (χ4v) is 2.34. The smallest absolute Gasteiger partial charge is 0.250 e. The molecule has 0 spiro atoms. The van der Waals surface area contributed by atoms with Crippen LogP contribution in [0.2, 0.25) is 5.02 Å². The molecule has 2 rings (SSSR count). The number of amides is 1. The highest BCUT2D eigenvalue weighted by Gasteiger charge is 2.10. The van der Waals surface area contributed by atoms with Gasteiger partial charge in [0.15, 0.2) is 0 Å². The van der Waals surface area contributed by atoms with Crippen LogP contribution >= 0.6 is 11.6 Å². The number of nitrogens with one attached hydrogen (secondary N) is 1. The van der Waals surface area contributed by atoms with Crippen molar-refractivity contribution >= 4 is 23.2 Å². The number of nitrogens with two attached hydrogens (primary N) is 1. The summed E-state index contributed by atoms with van der Waals surface area (Å²) in [6.07, 6.45) is 0.529. The van der Waals surface area contributed by atoms with Crippen molar-refractivity contribution in [3.05, 3.63) is 64.4 Å². The highest BCUT2D eigenvalue weighted by molar-refractivity contribution is 6.33. The molecule has 0 aromatic heterocycles. The van der Waals surface area contributed by atoms with E-state index in [0.29, 0.717) is 17.0 Å². The molecular weight excluding hydrogens is 291 g/mol. The van der Waals surface area contributed by atoms with Gasteiger partial charge in [-0.3, -0.25) is 4.79 Å². The zero-order valence-electron chi connectivity index (χ0n) is 11.6. The molecule has 0 radical (unpaired) electrons. The summed E-state index contributed by atoms with van der Waals surface area (Å²) in [4.78, 5) is 11.3. The molecule has 21 heavy (non-hydrogen) atoms. The maximum absolute atomic E-state index is 13.6. The highest BCUT2D eigenvalue weighted by Crippen LogP contribution is 2.21. The second-order valence-corrected chi connectivity index (χ2v) is 5.31. The van der Waals surface area contributed by atoms with Gasteiger partial charge in [-0.1, -0.05) is 29.8 Å². The Morgan fingerprint density at radius 3 is 2.71 bits per heavy atom. The van der Waals surface area contributed by atoms with Crippen LogP contribution in [0.25, 0.3) is 0 Å². The Labute approximate surface area is 127 Å². The summed E-state index contributed by atoms with van der Waals surface area (Å²) >= 11 is 5.90. The highest BCUT2D eigenvalue weighted by atomic mass is 35.5. The van der Waals surface area contributed by atoms with Gasteiger partial charge in [-0.2, -0.15) is 0 Å². The maximum atomic E-state index is 13.6. The zero-order valence-corrected chi connectivity index (χ0v) is 12.3. The molecule has 0 heterocycles. The third-order valence-electron chi connectivity index (χ3n) is 3.13. The molecule has 3 nitrogen and oxygen atoms in total. The molecule has 0 saturated carbocycles. The Morgan fingerprint density at radius 2 is 2.05 bits per heavy atom. The minimum atomic E-state index is -0.578. The quantitative estimate of drug-likeness (QED) is 0.886. The molecule has 1 amide bonds. The van der Waals surface area contributed by atoms with Crippen LogP contribution in [0.15, 0.2) is 42.5 Å². The third kappa shape index (κ3) is 3.95. The summed E-state index contributed by atoms with van der Waals surface area (Å²) in [5.74, 6) is -0.800. The molecule has 0 saturated heterocycles. The summed E-state index contributed by atoms with van der Waals surface area (Å²) in [6.45, 7) is 1.94. The Balaban J connectivity index is 2.09. The van der Waals surface area contributed by atoms with Gasteiger partial charge in [0.05, 0.1) is 10.6 Å². The fourth-order valence-electron chi connectivity index (χ4n) is 2.13. The molecule has 1 atom stereocenters. The van der Waals surface area contributed by atoms with E-state index < -0.39 is 5.91 Å². The predicted octanol–water partition coefficient (Wildman–Crippen LogP) is 3.62. The maximum Gasteiger partial charge on any atom is 0.250 e. The van der Waals surface area contributed by atoms with Crippen molar-refractivity contribution in [3.8, 4) is 0 Å². The zero-order chi connectivity index (χ0) is 15.4. The van der Waals surface area contributed by atoms with Crippen LogP contribution in [0, 0.1) is 5.82 Å². The van der Waals surface area contributed by atoms with E-state index in [4.69, 9.17) is 17.3 Å². The van der Waals surface area contributed by atoms with E-state index in [0.717, 1.165) is 5.69 Å². The second kappa shape index (κ2) is 6.59. The summed E-state index contributed by atoms with van der Waals surface area (Å²) < 4.78 is 13.6. The summed E-state index contributed by atoms with van der Waals surface area (Å²) in [7, 11) is 0. The average Bonchev–Trinajstić information content (AvgIpc) is 2.43. The van der Waals surface area contributed by atoms with E-state index in [2.05, 4.69) is 5.32 Å². The first-order chi connectivity index (χ1) is 9.97. The average molecular weight is 307 g/mol. The second-order valence-electron chi connectivity index (χ2n) is 4.90. The van der Waals surface area contributed by atoms with E-state index in [9.17, 15) is 9.18 Å². The normalized spacial score (nSPS) is 12.0. The molecule has 3 N–H and O–H groups in total. The van der Waals surface area contributed by atoms with Crippen LogP contribution in [-0.4, -0.2) is 11.9 Å². The van der Waals surface area contributed by atoms with Crippen molar-refractivity contribution in [3.63, 3.8) is 0 Å². The number of anilines is 1. The Kier molecular flexibility index (Phi) is 4.81. The molecular formula is C16H16ClFN2O. The third-order valence-corrected chi connectivity index (χ3v) is 3.46. The van der Waals surface area contributed by atoms with Gasteiger partial charge in [0, 0.05) is 11.7 Å². The SMILES string of the molecule is CC(Cc1ccccc1F)Nc1ccc(Cl)c(C(N)=O)c1. The van der Waals surface area contributed by atoms with Crippen LogP contribution in [0.1, 0.15) is 22.8 Å². The van der Waals surface area contributed by atoms with Crippen LogP contribution in [0.5, 0.6) is 0 Å². The topological polar surface area (TPSA) is 55.1 Å². The van der Waals surface area contributed by atoms with E-state index in [1.54, 1.807) is 36.4 Å². The molecule has 0 aliphatic carbocycles. The molecule has 0 aliphatic heterocycles. The Morgan fingerprint density at radius 1 is 1.33 bits per heavy atom. The number of carbonyl (C=O) groups is 1. The van der Waals surface area contributed by atoms with Crippen molar-refractivity contribution in [2.45, 2.75) is 19.4 Å². The molecule has 2 aromatic rings. The molecule has 0 bridgehead atoms. The predicted molar refractivity (Wildman–Crippen MR) is 83.2 cm³/mol. The number of hydrogen-bond donors (Lipinski definition) is 2. The first-order valence-electron chi connectivity index (χ1n) is 6.56. The van der Waals surface area contributed by atoms with Crippen molar-refractivity contribution in [2.24, 2.45) is 5.73 Å². The van der Waals surface area contributed by atoms with E-state index >= 15 is 0 Å². The van der Waals surface area contributed by atoms with Crippen molar-refractivity contribution in [1.82, 2.24) is 0 Å². The van der Waals surface area contributed by atoms with Gasteiger partial charge >= 0.3 is 0 Å². The summed E-state index contributed by atoms with van der Waals surface area (Å²) in [6, 6.07) is 11.6. The van der Waals surface area contributed by atoms with Gasteiger partial charge < -0.3 is 11.1 Å². The van der Waals surface area contributed by atoms with Crippen LogP contribution in [0.3, 0.4) is 0 Å². The van der Waals surface area contributed by atoms with Crippen molar-refractivity contribution in [1.29, 1.82) is 0 Å². The lowest BCUT2D eigenvalue weighted by Gasteiger charge is -2.16.